The first kappa shape index (κ1) is 5.27. The summed E-state index contributed by atoms with van der Waals surface area (Å²) in [6, 6.07) is 0. The lowest BCUT2D eigenvalue weighted by molar-refractivity contribution is 1.16. The molecule has 0 aromatic carbocycles. The summed E-state index contributed by atoms with van der Waals surface area (Å²) in [6.45, 7) is 1.67. The van der Waals surface area contributed by atoms with E-state index in [9.17, 15) is 0 Å². The second kappa shape index (κ2) is 2.50. The maximum atomic E-state index is 6.30. The number of amidine groups is 1. The van der Waals surface area contributed by atoms with Crippen LogP contribution in [0.4, 0.5) is 0 Å². The van der Waals surface area contributed by atoms with E-state index in [1.807, 2.05) is 0 Å². The molecular formula is C3H7N3. The molecule has 34 valence electrons. The van der Waals surface area contributed by atoms with E-state index >= 15 is 0 Å². The van der Waals surface area contributed by atoms with Crippen LogP contribution in [0, 0.1) is 5.53 Å². The van der Waals surface area contributed by atoms with Crippen molar-refractivity contribution in [2.24, 2.45) is 10.1 Å². The van der Waals surface area contributed by atoms with Crippen molar-refractivity contribution in [3.63, 3.8) is 0 Å². The first-order chi connectivity index (χ1) is 2.81. The molecule has 0 fully saturated rings. The zero-order valence-electron chi connectivity index (χ0n) is 3.89. The zero-order chi connectivity index (χ0) is 4.99. The van der Waals surface area contributed by atoms with Crippen molar-refractivity contribution >= 4 is 5.84 Å². The molecule has 0 amide bonds. The Kier molecular flexibility index (Phi) is 2.20. The van der Waals surface area contributed by atoms with Crippen LogP contribution in [0.3, 0.4) is 0 Å². The topological polar surface area (TPSA) is 48.6 Å². The van der Waals surface area contributed by atoms with Gasteiger partial charge < -0.3 is 0 Å². The Morgan fingerprint density at radius 1 is 1.67 bits per heavy atom. The molecule has 0 aliphatic carbocycles. The van der Waals surface area contributed by atoms with Gasteiger partial charge in [0.2, 0.25) is 0 Å². The minimum absolute atomic E-state index is 0.509. The Morgan fingerprint density at radius 2 is 2.17 bits per heavy atom. The third-order valence-corrected chi connectivity index (χ3v) is 0.485. The van der Waals surface area contributed by atoms with E-state index < -0.39 is 0 Å². The van der Waals surface area contributed by atoms with Gasteiger partial charge in [0, 0.05) is 7.05 Å². The van der Waals surface area contributed by atoms with Crippen molar-refractivity contribution in [2.45, 2.75) is 6.92 Å². The van der Waals surface area contributed by atoms with E-state index in [1.54, 1.807) is 14.0 Å². The molecular weight excluding hydrogens is 78.1 g/mol. The fourth-order valence-electron chi connectivity index (χ4n) is 0.0500. The first-order valence-electron chi connectivity index (χ1n) is 1.62. The van der Waals surface area contributed by atoms with Crippen LogP contribution in [0.2, 0.25) is 0 Å². The zero-order valence-corrected chi connectivity index (χ0v) is 3.89. The molecule has 0 saturated carbocycles. The van der Waals surface area contributed by atoms with E-state index in [0.29, 0.717) is 5.84 Å². The van der Waals surface area contributed by atoms with Crippen LogP contribution in [0.15, 0.2) is 10.1 Å². The highest BCUT2D eigenvalue weighted by atomic mass is 15.0. The molecule has 0 unspecified atom stereocenters. The van der Waals surface area contributed by atoms with Gasteiger partial charge in [0.1, 0.15) is 5.84 Å². The predicted octanol–water partition coefficient (Wildman–Crippen LogP) is 1.07. The van der Waals surface area contributed by atoms with Gasteiger partial charge in [-0.15, -0.1) is 5.11 Å². The minimum atomic E-state index is 0.509. The van der Waals surface area contributed by atoms with E-state index in [4.69, 9.17) is 5.53 Å². The molecule has 0 aromatic rings. The summed E-state index contributed by atoms with van der Waals surface area (Å²) in [4.78, 5) is 3.57. The Labute approximate surface area is 36.6 Å². The first-order valence-corrected chi connectivity index (χ1v) is 1.62. The lowest BCUT2D eigenvalue weighted by atomic mass is 10.7. The maximum absolute atomic E-state index is 6.30. The Bertz CT molecular complexity index is 74.1. The highest BCUT2D eigenvalue weighted by molar-refractivity contribution is 5.79. The molecule has 0 heterocycles. The lowest BCUT2D eigenvalue weighted by Gasteiger charge is -1.75. The normalized spacial score (nSPS) is 11.3. The predicted molar refractivity (Wildman–Crippen MR) is 24.2 cm³/mol. The Balaban J connectivity index is 3.50. The smallest absolute Gasteiger partial charge is 0.142 e. The fourth-order valence-corrected chi connectivity index (χ4v) is 0.0500. The molecule has 0 spiro atoms. The van der Waals surface area contributed by atoms with Crippen LogP contribution in [-0.2, 0) is 0 Å². The summed E-state index contributed by atoms with van der Waals surface area (Å²) in [7, 11) is 1.60. The SMILES string of the molecule is CN=C(C)N=N. The second-order valence-electron chi connectivity index (χ2n) is 0.883. The number of nitrogens with zero attached hydrogens (tertiary/aromatic N) is 2. The van der Waals surface area contributed by atoms with Crippen molar-refractivity contribution in [3.8, 4) is 0 Å². The quantitative estimate of drug-likeness (QED) is 0.260. The molecule has 0 aromatic heterocycles. The average Bonchev–Trinajstić information content (AvgIpc) is 1.65. The van der Waals surface area contributed by atoms with Crippen molar-refractivity contribution in [1.82, 2.24) is 0 Å². The lowest BCUT2D eigenvalue weighted by Crippen LogP contribution is -1.77. The van der Waals surface area contributed by atoms with Crippen molar-refractivity contribution < 1.29 is 0 Å². The molecule has 0 aliphatic rings. The van der Waals surface area contributed by atoms with Crippen LogP contribution in [0.5, 0.6) is 0 Å². The maximum Gasteiger partial charge on any atom is 0.142 e. The largest absolute Gasteiger partial charge is 0.273 e. The van der Waals surface area contributed by atoms with E-state index in [-0.39, 0.29) is 0 Å². The van der Waals surface area contributed by atoms with Crippen molar-refractivity contribution in [3.05, 3.63) is 0 Å². The summed E-state index contributed by atoms with van der Waals surface area (Å²) in [6.07, 6.45) is 0. The van der Waals surface area contributed by atoms with Gasteiger partial charge in [-0.25, -0.2) is 5.53 Å². The number of hydrogen-bond acceptors (Lipinski definition) is 2. The van der Waals surface area contributed by atoms with Gasteiger partial charge in [0.15, 0.2) is 0 Å². The molecule has 1 N–H and O–H groups in total. The van der Waals surface area contributed by atoms with Gasteiger partial charge in [0.05, 0.1) is 0 Å². The number of aliphatic imine (C=N–C) groups is 1. The summed E-state index contributed by atoms with van der Waals surface area (Å²) in [5.41, 5.74) is 6.30. The van der Waals surface area contributed by atoms with Crippen LogP contribution >= 0.6 is 0 Å². The number of nitrogens with one attached hydrogen (secondary N) is 1. The minimum Gasteiger partial charge on any atom is -0.273 e. The van der Waals surface area contributed by atoms with Crippen molar-refractivity contribution in [2.75, 3.05) is 7.05 Å². The van der Waals surface area contributed by atoms with Gasteiger partial charge in [0.25, 0.3) is 0 Å². The number of rotatable bonds is 0. The van der Waals surface area contributed by atoms with Crippen LogP contribution < -0.4 is 0 Å². The van der Waals surface area contributed by atoms with Gasteiger partial charge in [-0.2, -0.15) is 0 Å². The molecule has 3 heteroatoms. The van der Waals surface area contributed by atoms with Gasteiger partial charge in [-0.1, -0.05) is 0 Å². The molecule has 0 rings (SSSR count). The van der Waals surface area contributed by atoms with Crippen LogP contribution in [-0.4, -0.2) is 12.9 Å². The Morgan fingerprint density at radius 3 is 2.17 bits per heavy atom. The number of hydrogen-bond donors (Lipinski definition) is 1. The third-order valence-electron chi connectivity index (χ3n) is 0.485. The standard InChI is InChI=1S/C3H7N3/c1-3(5-2)6-4/h4H,1-2H3. The van der Waals surface area contributed by atoms with Gasteiger partial charge in [-0.05, 0) is 6.92 Å². The second-order valence-corrected chi connectivity index (χ2v) is 0.883. The monoisotopic (exact) mass is 85.1 g/mol. The van der Waals surface area contributed by atoms with E-state index in [2.05, 4.69) is 10.1 Å². The summed E-state index contributed by atoms with van der Waals surface area (Å²) in [5, 5.41) is 3.01. The summed E-state index contributed by atoms with van der Waals surface area (Å²) < 4.78 is 0. The van der Waals surface area contributed by atoms with Gasteiger partial charge in [-0.3, -0.25) is 4.99 Å². The van der Waals surface area contributed by atoms with E-state index in [1.165, 1.54) is 0 Å². The fraction of sp³-hybridized carbons (Fsp3) is 0.667. The molecule has 0 radical (unpaired) electrons. The molecule has 0 atom stereocenters. The highest BCUT2D eigenvalue weighted by Gasteiger charge is 1.71. The van der Waals surface area contributed by atoms with E-state index in [0.717, 1.165) is 0 Å². The molecule has 0 aliphatic heterocycles. The molecule has 6 heavy (non-hydrogen) atoms. The van der Waals surface area contributed by atoms with Gasteiger partial charge >= 0.3 is 0 Å². The van der Waals surface area contributed by atoms with Crippen LogP contribution in [0.1, 0.15) is 6.92 Å². The Hall–Kier alpha value is -0.730. The average molecular weight is 85.1 g/mol. The highest BCUT2D eigenvalue weighted by Crippen LogP contribution is 1.70. The molecule has 3 nitrogen and oxygen atoms in total. The summed E-state index contributed by atoms with van der Waals surface area (Å²) >= 11 is 0. The van der Waals surface area contributed by atoms with Crippen molar-refractivity contribution in [1.29, 1.82) is 5.53 Å². The third kappa shape index (κ3) is 1.58. The molecule has 0 bridgehead atoms. The summed E-state index contributed by atoms with van der Waals surface area (Å²) in [5.74, 6) is 0.509. The molecule has 0 saturated heterocycles. The van der Waals surface area contributed by atoms with Crippen LogP contribution in [0.25, 0.3) is 0 Å².